The minimum absolute atomic E-state index is 0.0338. The number of nitrogens with one attached hydrogen (secondary N) is 2. The van der Waals surface area contributed by atoms with E-state index in [0.717, 1.165) is 15.4 Å². The van der Waals surface area contributed by atoms with Crippen LogP contribution in [0.4, 0.5) is 11.4 Å². The number of benzene rings is 4. The molecule has 4 aromatic carbocycles. The van der Waals surface area contributed by atoms with E-state index in [4.69, 9.17) is 4.74 Å². The molecule has 4 rings (SSSR count). The second-order valence-corrected chi connectivity index (χ2v) is 11.1. The number of sulfonamides is 1. The monoisotopic (exact) mass is 557 g/mol. The Morgan fingerprint density at radius 3 is 2.17 bits per heavy atom. The van der Waals surface area contributed by atoms with Crippen LogP contribution in [0.3, 0.4) is 0 Å². The number of para-hydroxylation sites is 3. The molecule has 206 valence electrons. The van der Waals surface area contributed by atoms with Gasteiger partial charge in [-0.3, -0.25) is 13.9 Å². The van der Waals surface area contributed by atoms with Crippen LogP contribution in [-0.2, 0) is 14.8 Å². The van der Waals surface area contributed by atoms with Gasteiger partial charge in [0.15, 0.2) is 0 Å². The molecule has 0 bridgehead atoms. The number of amides is 2. The second kappa shape index (κ2) is 12.5. The van der Waals surface area contributed by atoms with E-state index in [1.165, 1.54) is 19.2 Å². The average molecular weight is 558 g/mol. The summed E-state index contributed by atoms with van der Waals surface area (Å²) in [6, 6.07) is 28.8. The van der Waals surface area contributed by atoms with E-state index in [9.17, 15) is 18.0 Å². The maximum Gasteiger partial charge on any atom is 0.264 e. The van der Waals surface area contributed by atoms with E-state index in [-0.39, 0.29) is 33.8 Å². The summed E-state index contributed by atoms with van der Waals surface area (Å²) in [4.78, 5) is 26.5. The number of carbonyl (C=O) groups excluding carboxylic acids is 2. The van der Waals surface area contributed by atoms with Crippen molar-refractivity contribution in [2.75, 3.05) is 23.3 Å². The van der Waals surface area contributed by atoms with E-state index in [2.05, 4.69) is 10.6 Å². The molecular weight excluding hydrogens is 526 g/mol. The van der Waals surface area contributed by atoms with Crippen molar-refractivity contribution >= 4 is 33.2 Å². The molecule has 0 heterocycles. The maximum atomic E-state index is 13.8. The number of hydrogen-bond donors (Lipinski definition) is 2. The fourth-order valence-corrected chi connectivity index (χ4v) is 5.61. The zero-order valence-corrected chi connectivity index (χ0v) is 23.3. The number of rotatable bonds is 10. The Morgan fingerprint density at radius 2 is 1.48 bits per heavy atom. The summed E-state index contributed by atoms with van der Waals surface area (Å²) in [6.45, 7) is 3.18. The molecule has 0 unspecified atom stereocenters. The lowest BCUT2D eigenvalue weighted by molar-refractivity contribution is -0.114. The third-order valence-corrected chi connectivity index (χ3v) is 8.12. The van der Waals surface area contributed by atoms with Crippen LogP contribution in [0, 0.1) is 6.92 Å². The summed E-state index contributed by atoms with van der Waals surface area (Å²) < 4.78 is 33.9. The molecule has 4 aromatic rings. The molecule has 0 saturated carbocycles. The summed E-state index contributed by atoms with van der Waals surface area (Å²) in [7, 11) is -2.72. The minimum Gasteiger partial charge on any atom is -0.495 e. The third-order valence-electron chi connectivity index (χ3n) is 6.34. The van der Waals surface area contributed by atoms with Crippen molar-refractivity contribution < 1.29 is 22.7 Å². The predicted octanol–water partition coefficient (Wildman–Crippen LogP) is 5.33. The molecule has 40 heavy (non-hydrogen) atoms. The first-order valence-corrected chi connectivity index (χ1v) is 14.1. The smallest absolute Gasteiger partial charge is 0.264 e. The molecule has 0 radical (unpaired) electrons. The Labute approximate surface area is 234 Å². The standard InChI is InChI=1S/C31H31N3O5S/c1-22-17-19-25(20-18-22)40(37,38)34(28-15-9-10-16-29(28)39-3)21-30(35)33-27-14-8-7-13-26(27)31(36)32-23(2)24-11-5-4-6-12-24/h4-20,23H,21H2,1-3H3,(H,32,36)(H,33,35)/t23-/m0/s1. The van der Waals surface area contributed by atoms with Gasteiger partial charge in [0.05, 0.1) is 35.0 Å². The van der Waals surface area contributed by atoms with Gasteiger partial charge in [-0.2, -0.15) is 0 Å². The maximum absolute atomic E-state index is 13.8. The van der Waals surface area contributed by atoms with E-state index in [0.29, 0.717) is 5.75 Å². The lowest BCUT2D eigenvalue weighted by Gasteiger charge is -2.26. The van der Waals surface area contributed by atoms with Crippen molar-refractivity contribution in [3.63, 3.8) is 0 Å². The van der Waals surface area contributed by atoms with Crippen molar-refractivity contribution in [1.29, 1.82) is 0 Å². The van der Waals surface area contributed by atoms with Gasteiger partial charge in [-0.05, 0) is 55.8 Å². The van der Waals surface area contributed by atoms with Crippen LogP contribution in [0.15, 0.2) is 108 Å². The first kappa shape index (κ1) is 28.4. The Kier molecular flexibility index (Phi) is 8.86. The number of carbonyl (C=O) groups is 2. The van der Waals surface area contributed by atoms with Crippen LogP contribution in [0.1, 0.15) is 34.5 Å². The molecule has 8 nitrogen and oxygen atoms in total. The molecule has 0 spiro atoms. The Bertz CT molecular complexity index is 1590. The number of anilines is 2. The van der Waals surface area contributed by atoms with Gasteiger partial charge < -0.3 is 15.4 Å². The highest BCUT2D eigenvalue weighted by Crippen LogP contribution is 2.32. The molecular formula is C31H31N3O5S. The molecule has 0 aliphatic heterocycles. The van der Waals surface area contributed by atoms with Crippen LogP contribution in [0.5, 0.6) is 5.75 Å². The van der Waals surface area contributed by atoms with Gasteiger partial charge in [-0.15, -0.1) is 0 Å². The average Bonchev–Trinajstić information content (AvgIpc) is 2.96. The first-order valence-electron chi connectivity index (χ1n) is 12.7. The molecule has 2 N–H and O–H groups in total. The largest absolute Gasteiger partial charge is 0.495 e. The van der Waals surface area contributed by atoms with Gasteiger partial charge in [0.1, 0.15) is 12.3 Å². The lowest BCUT2D eigenvalue weighted by atomic mass is 10.1. The summed E-state index contributed by atoms with van der Waals surface area (Å²) in [6.07, 6.45) is 0. The fourth-order valence-electron chi connectivity index (χ4n) is 4.18. The van der Waals surface area contributed by atoms with Gasteiger partial charge in [-0.1, -0.05) is 72.3 Å². The molecule has 0 saturated heterocycles. The zero-order valence-electron chi connectivity index (χ0n) is 22.5. The molecule has 9 heteroatoms. The number of aryl methyl sites for hydroxylation is 1. The van der Waals surface area contributed by atoms with Crippen molar-refractivity contribution in [2.45, 2.75) is 24.8 Å². The van der Waals surface area contributed by atoms with Crippen molar-refractivity contribution in [3.05, 3.63) is 120 Å². The summed E-state index contributed by atoms with van der Waals surface area (Å²) in [5.41, 5.74) is 2.56. The Balaban J connectivity index is 1.61. The summed E-state index contributed by atoms with van der Waals surface area (Å²) in [5, 5.41) is 5.67. The number of nitrogens with zero attached hydrogens (tertiary/aromatic N) is 1. The quantitative estimate of drug-likeness (QED) is 0.274. The number of hydrogen-bond acceptors (Lipinski definition) is 5. The van der Waals surface area contributed by atoms with Crippen LogP contribution in [-0.4, -0.2) is 33.9 Å². The van der Waals surface area contributed by atoms with Gasteiger partial charge in [0.25, 0.3) is 15.9 Å². The molecule has 2 amide bonds. The lowest BCUT2D eigenvalue weighted by Crippen LogP contribution is -2.38. The van der Waals surface area contributed by atoms with Crippen molar-refractivity contribution in [2.24, 2.45) is 0 Å². The van der Waals surface area contributed by atoms with E-state index in [1.54, 1.807) is 60.7 Å². The van der Waals surface area contributed by atoms with E-state index in [1.807, 2.05) is 44.2 Å². The minimum atomic E-state index is -4.15. The van der Waals surface area contributed by atoms with Crippen molar-refractivity contribution in [1.82, 2.24) is 5.32 Å². The summed E-state index contributed by atoms with van der Waals surface area (Å²) >= 11 is 0. The van der Waals surface area contributed by atoms with Gasteiger partial charge >= 0.3 is 0 Å². The number of ether oxygens (including phenoxy) is 1. The topological polar surface area (TPSA) is 105 Å². The van der Waals surface area contributed by atoms with Gasteiger partial charge in [0.2, 0.25) is 5.91 Å². The van der Waals surface area contributed by atoms with E-state index < -0.39 is 22.5 Å². The highest BCUT2D eigenvalue weighted by atomic mass is 32.2. The Hall–Kier alpha value is -4.63. The zero-order chi connectivity index (χ0) is 28.7. The van der Waals surface area contributed by atoms with Gasteiger partial charge in [-0.25, -0.2) is 8.42 Å². The first-order chi connectivity index (χ1) is 19.2. The van der Waals surface area contributed by atoms with E-state index >= 15 is 0 Å². The second-order valence-electron chi connectivity index (χ2n) is 9.20. The molecule has 1 atom stereocenters. The van der Waals surface area contributed by atoms with Crippen LogP contribution in [0.2, 0.25) is 0 Å². The van der Waals surface area contributed by atoms with Crippen LogP contribution < -0.4 is 19.7 Å². The SMILES string of the molecule is COc1ccccc1N(CC(=O)Nc1ccccc1C(=O)N[C@@H](C)c1ccccc1)S(=O)(=O)c1ccc(C)cc1. The highest BCUT2D eigenvalue weighted by molar-refractivity contribution is 7.92. The molecule has 0 aliphatic carbocycles. The van der Waals surface area contributed by atoms with Crippen LogP contribution >= 0.6 is 0 Å². The predicted molar refractivity (Wildman–Crippen MR) is 156 cm³/mol. The van der Waals surface area contributed by atoms with Crippen LogP contribution in [0.25, 0.3) is 0 Å². The molecule has 0 aliphatic rings. The Morgan fingerprint density at radius 1 is 0.850 bits per heavy atom. The van der Waals surface area contributed by atoms with Crippen molar-refractivity contribution in [3.8, 4) is 5.75 Å². The molecule has 0 fully saturated rings. The number of methoxy groups -OCH3 is 1. The summed E-state index contributed by atoms with van der Waals surface area (Å²) in [5.74, 6) is -0.709. The fraction of sp³-hybridized carbons (Fsp3) is 0.161. The third kappa shape index (κ3) is 6.50. The van der Waals surface area contributed by atoms with Gasteiger partial charge in [0, 0.05) is 0 Å². The highest BCUT2D eigenvalue weighted by Gasteiger charge is 2.29. The molecule has 0 aromatic heterocycles. The normalized spacial score (nSPS) is 11.8.